The highest BCUT2D eigenvalue weighted by Gasteiger charge is 2.14. The molecule has 4 heteroatoms. The molecule has 0 radical (unpaired) electrons. The molecule has 14 heavy (non-hydrogen) atoms. The maximum atomic E-state index is 11.5. The predicted molar refractivity (Wildman–Crippen MR) is 65.4 cm³/mol. The Bertz CT molecular complexity index is 342. The summed E-state index contributed by atoms with van der Waals surface area (Å²) in [5, 5.41) is 2.88. The van der Waals surface area contributed by atoms with E-state index in [0.29, 0.717) is 11.8 Å². The first kappa shape index (κ1) is 12.0. The SMILES string of the molecule is Cc1csc(=O)n1CC(CBr)C(C)C. The number of hydrogen-bond donors (Lipinski definition) is 0. The second kappa shape index (κ2) is 5.12. The van der Waals surface area contributed by atoms with E-state index < -0.39 is 0 Å². The summed E-state index contributed by atoms with van der Waals surface area (Å²) in [7, 11) is 0. The fourth-order valence-electron chi connectivity index (χ4n) is 1.30. The van der Waals surface area contributed by atoms with Gasteiger partial charge in [-0.05, 0) is 18.8 Å². The number of hydrogen-bond acceptors (Lipinski definition) is 2. The normalized spacial score (nSPS) is 13.5. The van der Waals surface area contributed by atoms with Crippen molar-refractivity contribution in [1.29, 1.82) is 0 Å². The average molecular weight is 278 g/mol. The van der Waals surface area contributed by atoms with Crippen LogP contribution in [0.25, 0.3) is 0 Å². The van der Waals surface area contributed by atoms with Gasteiger partial charge in [0.25, 0.3) is 0 Å². The molecule has 0 saturated carbocycles. The predicted octanol–water partition coefficient (Wildman–Crippen LogP) is 2.89. The highest BCUT2D eigenvalue weighted by atomic mass is 79.9. The summed E-state index contributed by atoms with van der Waals surface area (Å²) >= 11 is 4.79. The molecular formula is C10H16BrNOS. The van der Waals surface area contributed by atoms with Crippen LogP contribution in [0.4, 0.5) is 0 Å². The molecule has 0 saturated heterocycles. The van der Waals surface area contributed by atoms with E-state index in [9.17, 15) is 4.79 Å². The Morgan fingerprint density at radius 3 is 2.57 bits per heavy atom. The van der Waals surface area contributed by atoms with Crippen molar-refractivity contribution in [3.63, 3.8) is 0 Å². The molecule has 0 fully saturated rings. The van der Waals surface area contributed by atoms with Crippen LogP contribution in [0.3, 0.4) is 0 Å². The summed E-state index contributed by atoms with van der Waals surface area (Å²) in [4.78, 5) is 11.6. The largest absolute Gasteiger partial charge is 0.307 e. The third kappa shape index (κ3) is 2.70. The molecule has 0 aromatic carbocycles. The van der Waals surface area contributed by atoms with Crippen LogP contribution >= 0.6 is 27.3 Å². The van der Waals surface area contributed by atoms with Gasteiger partial charge in [0.05, 0.1) is 0 Å². The van der Waals surface area contributed by atoms with Crippen molar-refractivity contribution in [2.24, 2.45) is 11.8 Å². The third-order valence-electron chi connectivity index (χ3n) is 2.53. The lowest BCUT2D eigenvalue weighted by atomic mass is 9.98. The third-order valence-corrected chi connectivity index (χ3v) is 4.25. The van der Waals surface area contributed by atoms with E-state index in [2.05, 4.69) is 29.8 Å². The fourth-order valence-corrected chi connectivity index (χ4v) is 2.99. The lowest BCUT2D eigenvalue weighted by Crippen LogP contribution is -2.24. The molecule has 1 heterocycles. The molecular weight excluding hydrogens is 262 g/mol. The van der Waals surface area contributed by atoms with Crippen molar-refractivity contribution in [3.05, 3.63) is 20.7 Å². The highest BCUT2D eigenvalue weighted by molar-refractivity contribution is 9.09. The van der Waals surface area contributed by atoms with E-state index in [1.807, 2.05) is 16.9 Å². The van der Waals surface area contributed by atoms with E-state index in [1.54, 1.807) is 0 Å². The average Bonchev–Trinajstić information content (AvgIpc) is 2.43. The van der Waals surface area contributed by atoms with Crippen LogP contribution in [-0.2, 0) is 6.54 Å². The summed E-state index contributed by atoms with van der Waals surface area (Å²) in [6.45, 7) is 7.21. The minimum Gasteiger partial charge on any atom is -0.303 e. The quantitative estimate of drug-likeness (QED) is 0.776. The summed E-state index contributed by atoms with van der Waals surface area (Å²) in [6, 6.07) is 0. The van der Waals surface area contributed by atoms with Gasteiger partial charge in [0.2, 0.25) is 0 Å². The molecule has 80 valence electrons. The number of thiazole rings is 1. The Kier molecular flexibility index (Phi) is 4.38. The maximum Gasteiger partial charge on any atom is 0.307 e. The molecule has 2 nitrogen and oxygen atoms in total. The summed E-state index contributed by atoms with van der Waals surface area (Å²) in [5.41, 5.74) is 1.08. The monoisotopic (exact) mass is 277 g/mol. The number of halogens is 1. The summed E-state index contributed by atoms with van der Waals surface area (Å²) < 4.78 is 1.87. The lowest BCUT2D eigenvalue weighted by molar-refractivity contribution is 0.368. The first-order chi connectivity index (χ1) is 6.56. The van der Waals surface area contributed by atoms with Crippen LogP contribution < -0.4 is 4.87 Å². The van der Waals surface area contributed by atoms with E-state index in [1.165, 1.54) is 11.3 Å². The van der Waals surface area contributed by atoms with Gasteiger partial charge in [0.15, 0.2) is 0 Å². The van der Waals surface area contributed by atoms with E-state index in [4.69, 9.17) is 0 Å². The minimum absolute atomic E-state index is 0.161. The van der Waals surface area contributed by atoms with Gasteiger partial charge in [-0.25, -0.2) is 0 Å². The van der Waals surface area contributed by atoms with Crippen LogP contribution in [0.1, 0.15) is 19.5 Å². The topological polar surface area (TPSA) is 22.0 Å². The van der Waals surface area contributed by atoms with E-state index in [0.717, 1.165) is 17.6 Å². The minimum atomic E-state index is 0.161. The molecule has 0 spiro atoms. The van der Waals surface area contributed by atoms with Crippen LogP contribution in [0.5, 0.6) is 0 Å². The van der Waals surface area contributed by atoms with Gasteiger partial charge in [-0.3, -0.25) is 4.79 Å². The number of aromatic nitrogens is 1. The zero-order valence-electron chi connectivity index (χ0n) is 8.79. The molecule has 1 aromatic rings. The number of alkyl halides is 1. The molecule has 0 amide bonds. The smallest absolute Gasteiger partial charge is 0.303 e. The number of aryl methyl sites for hydroxylation is 1. The van der Waals surface area contributed by atoms with Gasteiger partial charge >= 0.3 is 4.87 Å². The Morgan fingerprint density at radius 1 is 1.57 bits per heavy atom. The molecule has 0 aliphatic rings. The Hall–Kier alpha value is -0.0900. The van der Waals surface area contributed by atoms with Crippen LogP contribution in [0.2, 0.25) is 0 Å². The number of rotatable bonds is 4. The first-order valence-electron chi connectivity index (χ1n) is 4.77. The van der Waals surface area contributed by atoms with Crippen molar-refractivity contribution in [2.45, 2.75) is 27.3 Å². The van der Waals surface area contributed by atoms with Gasteiger partial charge in [0.1, 0.15) is 0 Å². The summed E-state index contributed by atoms with van der Waals surface area (Å²) in [6.07, 6.45) is 0. The van der Waals surface area contributed by atoms with Gasteiger partial charge in [-0.15, -0.1) is 0 Å². The van der Waals surface area contributed by atoms with E-state index >= 15 is 0 Å². The van der Waals surface area contributed by atoms with Gasteiger partial charge in [-0.2, -0.15) is 0 Å². The van der Waals surface area contributed by atoms with Crippen molar-refractivity contribution < 1.29 is 0 Å². The Balaban J connectivity index is 2.81. The van der Waals surface area contributed by atoms with Gasteiger partial charge < -0.3 is 4.57 Å². The van der Waals surface area contributed by atoms with Crippen molar-refractivity contribution in [2.75, 3.05) is 5.33 Å². The zero-order chi connectivity index (χ0) is 10.7. The molecule has 1 rings (SSSR count). The van der Waals surface area contributed by atoms with Crippen molar-refractivity contribution in [3.8, 4) is 0 Å². The van der Waals surface area contributed by atoms with Crippen LogP contribution in [-0.4, -0.2) is 9.90 Å². The van der Waals surface area contributed by atoms with E-state index in [-0.39, 0.29) is 4.87 Å². The van der Waals surface area contributed by atoms with Gasteiger partial charge in [-0.1, -0.05) is 41.1 Å². The standard InChI is InChI=1S/C10H16BrNOS/c1-7(2)9(4-11)5-12-8(3)6-14-10(12)13/h6-7,9H,4-5H2,1-3H3. The highest BCUT2D eigenvalue weighted by Crippen LogP contribution is 2.16. The zero-order valence-corrected chi connectivity index (χ0v) is 11.2. The summed E-state index contributed by atoms with van der Waals surface area (Å²) in [5.74, 6) is 1.13. The molecule has 0 bridgehead atoms. The van der Waals surface area contributed by atoms with Crippen molar-refractivity contribution in [1.82, 2.24) is 4.57 Å². The number of nitrogens with zero attached hydrogens (tertiary/aromatic N) is 1. The molecule has 1 atom stereocenters. The van der Waals surface area contributed by atoms with Crippen LogP contribution in [0.15, 0.2) is 10.2 Å². The maximum absolute atomic E-state index is 11.5. The Morgan fingerprint density at radius 2 is 2.21 bits per heavy atom. The second-order valence-corrected chi connectivity index (χ2v) is 5.38. The van der Waals surface area contributed by atoms with Gasteiger partial charge in [0, 0.05) is 22.9 Å². The second-order valence-electron chi connectivity index (χ2n) is 3.91. The molecule has 1 aromatic heterocycles. The first-order valence-corrected chi connectivity index (χ1v) is 6.77. The molecule has 1 unspecified atom stereocenters. The Labute approximate surface area is 97.1 Å². The molecule has 0 aliphatic heterocycles. The lowest BCUT2D eigenvalue weighted by Gasteiger charge is -2.18. The molecule has 0 N–H and O–H groups in total. The van der Waals surface area contributed by atoms with Crippen LogP contribution in [0, 0.1) is 18.8 Å². The fraction of sp³-hybridized carbons (Fsp3) is 0.700. The van der Waals surface area contributed by atoms with Crippen molar-refractivity contribution >= 4 is 27.3 Å². The molecule has 0 aliphatic carbocycles.